The van der Waals surface area contributed by atoms with E-state index >= 15 is 0 Å². The van der Waals surface area contributed by atoms with Crippen LogP contribution < -0.4 is 0 Å². The van der Waals surface area contributed by atoms with Crippen molar-refractivity contribution in [3.63, 3.8) is 0 Å². The average molecular weight is 188 g/mol. The van der Waals surface area contributed by atoms with Gasteiger partial charge in [0.2, 0.25) is 0 Å². The second-order valence-electron chi connectivity index (χ2n) is 0.498. The molecule has 0 aliphatic rings. The van der Waals surface area contributed by atoms with Crippen molar-refractivity contribution in [1.29, 1.82) is 0 Å². The summed E-state index contributed by atoms with van der Waals surface area (Å²) in [5.41, 5.74) is 0. The summed E-state index contributed by atoms with van der Waals surface area (Å²) in [4.78, 5) is 0. The van der Waals surface area contributed by atoms with E-state index < -0.39 is 4.19 Å². The van der Waals surface area contributed by atoms with Gasteiger partial charge in [0, 0.05) is 0 Å². The normalized spacial score (nSPS) is 12.0. The zero-order chi connectivity index (χ0) is 4.50. The van der Waals surface area contributed by atoms with Crippen LogP contribution in [0.2, 0.25) is 0 Å². The summed E-state index contributed by atoms with van der Waals surface area (Å²) in [5.74, 6) is 0. The molecule has 0 aromatic heterocycles. The molecule has 0 nitrogen and oxygen atoms in total. The fraction of sp³-hybridized carbons (Fsp3) is 1.00. The molecule has 0 aliphatic carbocycles. The van der Waals surface area contributed by atoms with Gasteiger partial charge in [-0.1, -0.05) is 0 Å². The molecule has 0 saturated carbocycles. The van der Waals surface area contributed by atoms with Crippen LogP contribution in [0.5, 0.6) is 0 Å². The van der Waals surface area contributed by atoms with Gasteiger partial charge in [-0.25, -0.2) is 0 Å². The molecule has 3 radical (unpaired) electrons. The van der Waals surface area contributed by atoms with Crippen molar-refractivity contribution in [1.82, 2.24) is 0 Å². The number of halogens is 3. The van der Waals surface area contributed by atoms with Crippen molar-refractivity contribution < 1.29 is 13.2 Å². The van der Waals surface area contributed by atoms with Gasteiger partial charge < -0.3 is 0 Å². The van der Waals surface area contributed by atoms with Gasteiger partial charge in [-0.2, -0.15) is 0 Å². The first-order valence-electron chi connectivity index (χ1n) is 0.817. The van der Waals surface area contributed by atoms with Crippen molar-refractivity contribution in [2.24, 2.45) is 0 Å². The number of rotatable bonds is 0. The molecule has 0 aromatic carbocycles. The Bertz CT molecular complexity index is 22.4. The van der Waals surface area contributed by atoms with Crippen molar-refractivity contribution >= 4 is 22.5 Å². The summed E-state index contributed by atoms with van der Waals surface area (Å²) in [6, 6.07) is 0. The number of hydrogen-bond acceptors (Lipinski definition) is 0. The molecular weight excluding hydrogens is 188 g/mol. The van der Waals surface area contributed by atoms with E-state index in [9.17, 15) is 13.2 Å². The Morgan fingerprint density at radius 2 is 1.20 bits per heavy atom. The molecule has 0 saturated heterocycles. The summed E-state index contributed by atoms with van der Waals surface area (Å²) in [5, 5.41) is 0. The van der Waals surface area contributed by atoms with Gasteiger partial charge in [0.1, 0.15) is 0 Å². The molecule has 0 unspecified atom stereocenters. The van der Waals surface area contributed by atoms with E-state index in [1.54, 1.807) is 0 Å². The molecule has 29 valence electrons. The molecule has 0 N–H and O–H groups in total. The van der Waals surface area contributed by atoms with Gasteiger partial charge in [-0.05, 0) is 0 Å². The van der Waals surface area contributed by atoms with Gasteiger partial charge in [0.25, 0.3) is 0 Å². The molecule has 0 heterocycles. The Kier molecular flexibility index (Phi) is 1.52. The Morgan fingerprint density at radius 3 is 1.20 bits per heavy atom. The number of alkyl halides is 3. The Morgan fingerprint density at radius 1 is 1.20 bits per heavy atom. The van der Waals surface area contributed by atoms with Gasteiger partial charge in [-0.3, -0.25) is 0 Å². The first-order chi connectivity index (χ1) is 2.00. The van der Waals surface area contributed by atoms with Crippen LogP contribution in [-0.4, -0.2) is 26.7 Å². The summed E-state index contributed by atoms with van der Waals surface area (Å²) in [6.45, 7) is 0. The molecule has 0 rings (SSSR count). The minimum absolute atomic E-state index is 0.382. The van der Waals surface area contributed by atoms with Gasteiger partial charge >= 0.3 is 39.9 Å². The monoisotopic (exact) mass is 189 g/mol. The third kappa shape index (κ3) is 88.7. The van der Waals surface area contributed by atoms with Crippen molar-refractivity contribution in [3.05, 3.63) is 0 Å². The topological polar surface area (TPSA) is 0 Å². The Labute approximate surface area is 40.4 Å². The molecule has 0 aromatic rings. The summed E-state index contributed by atoms with van der Waals surface area (Å²) >= 11 is -0.382. The zero-order valence-electron chi connectivity index (χ0n) is 2.13. The van der Waals surface area contributed by atoms with Crippen LogP contribution in [0.3, 0.4) is 0 Å². The molecule has 0 spiro atoms. The number of hydrogen-bond donors (Lipinski definition) is 0. The van der Waals surface area contributed by atoms with Crippen molar-refractivity contribution in [3.8, 4) is 0 Å². The van der Waals surface area contributed by atoms with E-state index in [2.05, 4.69) is 0 Å². The average Bonchev–Trinajstić information content (AvgIpc) is 0.722. The second kappa shape index (κ2) is 1.36. The first-order valence-corrected chi connectivity index (χ1v) is 2.24. The summed E-state index contributed by atoms with van der Waals surface area (Å²) in [6.07, 6.45) is 0. The van der Waals surface area contributed by atoms with Crippen LogP contribution >= 0.6 is 0 Å². The van der Waals surface area contributed by atoms with Crippen LogP contribution in [-0.2, 0) is 0 Å². The van der Waals surface area contributed by atoms with Gasteiger partial charge in [-0.15, -0.1) is 0 Å². The first kappa shape index (κ1) is 5.59. The maximum atomic E-state index is 10.4. The standard InChI is InChI=1S/CF3.Sn/c2-1(3)4;. The molecule has 0 amide bonds. The second-order valence-corrected chi connectivity index (χ2v) is 2.12. The zero-order valence-corrected chi connectivity index (χ0v) is 4.99. The molecule has 4 heteroatoms. The summed E-state index contributed by atoms with van der Waals surface area (Å²) in [7, 11) is 0. The fourth-order valence-electron chi connectivity index (χ4n) is 0. The van der Waals surface area contributed by atoms with Gasteiger partial charge in [0.15, 0.2) is 0 Å². The van der Waals surface area contributed by atoms with Crippen molar-refractivity contribution in [2.75, 3.05) is 0 Å². The molecule has 0 bridgehead atoms. The molecule has 0 atom stereocenters. The van der Waals surface area contributed by atoms with E-state index in [1.165, 1.54) is 0 Å². The van der Waals surface area contributed by atoms with E-state index in [0.29, 0.717) is 0 Å². The molecule has 0 aliphatic heterocycles. The maximum absolute atomic E-state index is 10.4. The molecule has 0 fully saturated rings. The van der Waals surface area contributed by atoms with Crippen LogP contribution in [0.15, 0.2) is 0 Å². The predicted molar refractivity (Wildman–Crippen MR) is 11.8 cm³/mol. The Balaban J connectivity index is 3.02. The van der Waals surface area contributed by atoms with E-state index in [4.69, 9.17) is 0 Å². The molecular formula is CF3Sn. The third-order valence-corrected chi connectivity index (χ3v) is 0. The van der Waals surface area contributed by atoms with E-state index in [0.717, 1.165) is 0 Å². The Hall–Kier alpha value is 0.589. The van der Waals surface area contributed by atoms with Crippen LogP contribution in [0.4, 0.5) is 13.2 Å². The summed E-state index contributed by atoms with van der Waals surface area (Å²) < 4.78 is 27.3. The van der Waals surface area contributed by atoms with Crippen LogP contribution in [0.25, 0.3) is 0 Å². The molecule has 5 heavy (non-hydrogen) atoms. The van der Waals surface area contributed by atoms with Crippen LogP contribution in [0, 0.1) is 0 Å². The van der Waals surface area contributed by atoms with E-state index in [1.807, 2.05) is 0 Å². The van der Waals surface area contributed by atoms with Crippen molar-refractivity contribution in [2.45, 2.75) is 4.19 Å². The fourth-order valence-corrected chi connectivity index (χ4v) is 0. The minimum atomic E-state index is -3.91. The van der Waals surface area contributed by atoms with Crippen LogP contribution in [0.1, 0.15) is 0 Å². The quantitative estimate of drug-likeness (QED) is 0.490. The van der Waals surface area contributed by atoms with E-state index in [-0.39, 0.29) is 22.5 Å². The SMILES string of the molecule is F[C](F)(F)[Sn]. The third-order valence-electron chi connectivity index (χ3n) is 0. The van der Waals surface area contributed by atoms with Gasteiger partial charge in [0.05, 0.1) is 0 Å². The predicted octanol–water partition coefficient (Wildman–Crippen LogP) is 0.675.